The molecule has 1 heterocycles. The van der Waals surface area contributed by atoms with Gasteiger partial charge in [-0.05, 0) is 23.3 Å². The second kappa shape index (κ2) is 12.7. The molecule has 41 heavy (non-hydrogen) atoms. The number of carbonyl (C=O) groups is 1. The normalized spacial score (nSPS) is 11.5. The van der Waals surface area contributed by atoms with Gasteiger partial charge in [0.05, 0.1) is 28.2 Å². The number of rotatable bonds is 7. The largest absolute Gasteiger partial charge is 0.490 e. The molecule has 0 fully saturated rings. The second-order valence-corrected chi connectivity index (χ2v) is 10.6. The van der Waals surface area contributed by atoms with Crippen LogP contribution in [0.5, 0.6) is 0 Å². The van der Waals surface area contributed by atoms with Gasteiger partial charge in [-0.3, -0.25) is 0 Å². The lowest BCUT2D eigenvalue weighted by molar-refractivity contribution is -0.192. The molecule has 0 atom stereocenters. The summed E-state index contributed by atoms with van der Waals surface area (Å²) in [7, 11) is -3.43. The molecule has 2 N–H and O–H groups in total. The summed E-state index contributed by atoms with van der Waals surface area (Å²) >= 11 is 0. The van der Waals surface area contributed by atoms with Crippen LogP contribution in [0.4, 0.5) is 13.2 Å². The van der Waals surface area contributed by atoms with Crippen molar-refractivity contribution < 1.29 is 31.5 Å². The van der Waals surface area contributed by atoms with Crippen LogP contribution in [0.1, 0.15) is 11.1 Å². The van der Waals surface area contributed by atoms with Gasteiger partial charge < -0.3 is 5.11 Å². The minimum absolute atomic E-state index is 0.0426. The zero-order valence-corrected chi connectivity index (χ0v) is 22.2. The van der Waals surface area contributed by atoms with Crippen LogP contribution < -0.4 is 4.72 Å². The Bertz CT molecular complexity index is 1730. The molecular formula is C30H24F3N3O4S. The van der Waals surface area contributed by atoms with Crippen LogP contribution in [-0.4, -0.2) is 35.6 Å². The Labute approximate surface area is 234 Å². The van der Waals surface area contributed by atoms with Crippen molar-refractivity contribution in [3.63, 3.8) is 0 Å². The molecule has 11 heteroatoms. The maximum Gasteiger partial charge on any atom is 0.490 e. The number of hydrogen-bond donors (Lipinski definition) is 2. The number of halogens is 3. The first-order valence-electron chi connectivity index (χ1n) is 12.2. The maximum absolute atomic E-state index is 12.5. The van der Waals surface area contributed by atoms with Crippen molar-refractivity contribution >= 4 is 27.0 Å². The molecule has 0 saturated carbocycles. The topological polar surface area (TPSA) is 109 Å². The van der Waals surface area contributed by atoms with E-state index >= 15 is 0 Å². The summed E-state index contributed by atoms with van der Waals surface area (Å²) in [6, 6.07) is 34.8. The van der Waals surface area contributed by atoms with E-state index in [1.807, 2.05) is 109 Å². The van der Waals surface area contributed by atoms with Crippen LogP contribution in [0, 0.1) is 0 Å². The average molecular weight is 580 g/mol. The van der Waals surface area contributed by atoms with Crippen molar-refractivity contribution in [2.75, 3.05) is 0 Å². The minimum atomic E-state index is -5.08. The van der Waals surface area contributed by atoms with E-state index in [9.17, 15) is 21.6 Å². The van der Waals surface area contributed by atoms with E-state index in [1.54, 1.807) is 0 Å². The molecule has 0 aliphatic carbocycles. The predicted octanol–water partition coefficient (Wildman–Crippen LogP) is 6.22. The number of para-hydroxylation sites is 2. The Morgan fingerprint density at radius 3 is 1.61 bits per heavy atom. The highest BCUT2D eigenvalue weighted by atomic mass is 32.2. The molecular weight excluding hydrogens is 555 g/mol. The number of nitrogens with one attached hydrogen (secondary N) is 1. The molecule has 0 amide bonds. The summed E-state index contributed by atoms with van der Waals surface area (Å²) < 4.78 is 59.3. The molecule has 0 radical (unpaired) electrons. The van der Waals surface area contributed by atoms with E-state index < -0.39 is 22.2 Å². The Kier molecular flexibility index (Phi) is 9.10. The summed E-state index contributed by atoms with van der Waals surface area (Å²) in [4.78, 5) is 18.7. The van der Waals surface area contributed by atoms with Gasteiger partial charge >= 0.3 is 12.1 Å². The van der Waals surface area contributed by atoms with Crippen LogP contribution >= 0.6 is 0 Å². The lowest BCUT2D eigenvalue weighted by Crippen LogP contribution is -2.24. The number of nitrogens with zero attached hydrogens (tertiary/aromatic N) is 2. The highest BCUT2D eigenvalue weighted by molar-refractivity contribution is 7.88. The number of benzene rings is 4. The number of carboxylic acid groups (broad SMARTS) is 1. The van der Waals surface area contributed by atoms with Crippen molar-refractivity contribution in [2.45, 2.75) is 18.5 Å². The lowest BCUT2D eigenvalue weighted by Gasteiger charge is -2.11. The third-order valence-corrected chi connectivity index (χ3v) is 7.08. The molecule has 0 aliphatic rings. The predicted molar refractivity (Wildman–Crippen MR) is 150 cm³/mol. The third-order valence-electron chi connectivity index (χ3n) is 5.78. The average Bonchev–Trinajstić information content (AvgIpc) is 2.96. The van der Waals surface area contributed by atoms with Gasteiger partial charge in [0, 0.05) is 17.7 Å². The standard InChI is InChI=1S/C28H23N3O2S.C2HF3O2/c32-34(33,20-22-9-3-1-4-10-22)29-19-21-15-17-24(18-16-21)28-27(23-11-5-2-6-12-23)30-25-13-7-8-14-26(25)31-28;3-2(4,5)1(6)7/h1-18,29H,19-20H2;(H,6,7). The lowest BCUT2D eigenvalue weighted by atomic mass is 10.0. The highest BCUT2D eigenvalue weighted by Crippen LogP contribution is 2.31. The molecule has 0 bridgehead atoms. The molecule has 0 saturated heterocycles. The van der Waals surface area contributed by atoms with E-state index in [-0.39, 0.29) is 12.3 Å². The fourth-order valence-electron chi connectivity index (χ4n) is 3.82. The molecule has 5 rings (SSSR count). The van der Waals surface area contributed by atoms with Gasteiger partial charge in [0.15, 0.2) is 0 Å². The zero-order valence-electron chi connectivity index (χ0n) is 21.4. The quantitative estimate of drug-likeness (QED) is 0.237. The van der Waals surface area contributed by atoms with Crippen molar-refractivity contribution in [1.82, 2.24) is 14.7 Å². The molecule has 4 aromatic carbocycles. The Hall–Kier alpha value is -4.61. The van der Waals surface area contributed by atoms with Gasteiger partial charge in [-0.25, -0.2) is 27.9 Å². The van der Waals surface area contributed by atoms with E-state index in [4.69, 9.17) is 19.9 Å². The SMILES string of the molecule is O=C(O)C(F)(F)F.O=S(=O)(Cc1ccccc1)NCc1ccc(-c2nc3ccccc3nc2-c2ccccc2)cc1. The summed E-state index contributed by atoms with van der Waals surface area (Å²) in [5.74, 6) is -2.80. The van der Waals surface area contributed by atoms with E-state index in [0.29, 0.717) is 0 Å². The van der Waals surface area contributed by atoms with Gasteiger partial charge in [-0.2, -0.15) is 13.2 Å². The van der Waals surface area contributed by atoms with Crippen molar-refractivity contribution in [3.8, 4) is 22.5 Å². The fraction of sp³-hybridized carbons (Fsp3) is 0.100. The number of aromatic nitrogens is 2. The van der Waals surface area contributed by atoms with Gasteiger partial charge in [-0.15, -0.1) is 0 Å². The summed E-state index contributed by atoms with van der Waals surface area (Å²) in [5, 5.41) is 7.12. The van der Waals surface area contributed by atoms with Crippen molar-refractivity contribution in [2.24, 2.45) is 0 Å². The molecule has 1 aromatic heterocycles. The van der Waals surface area contributed by atoms with Gasteiger partial charge in [0.1, 0.15) is 0 Å². The minimum Gasteiger partial charge on any atom is -0.475 e. The second-order valence-electron chi connectivity index (χ2n) is 8.84. The van der Waals surface area contributed by atoms with E-state index in [1.165, 1.54) is 0 Å². The Balaban J connectivity index is 0.000000493. The number of sulfonamides is 1. The molecule has 0 aliphatic heterocycles. The van der Waals surface area contributed by atoms with Crippen LogP contribution in [0.15, 0.2) is 109 Å². The van der Waals surface area contributed by atoms with Gasteiger partial charge in [0.2, 0.25) is 10.0 Å². The number of hydrogen-bond acceptors (Lipinski definition) is 5. The van der Waals surface area contributed by atoms with Crippen molar-refractivity contribution in [3.05, 3.63) is 120 Å². The molecule has 0 spiro atoms. The van der Waals surface area contributed by atoms with Crippen molar-refractivity contribution in [1.29, 1.82) is 0 Å². The number of carboxylic acids is 1. The number of alkyl halides is 3. The van der Waals surface area contributed by atoms with Crippen LogP contribution in [0.3, 0.4) is 0 Å². The summed E-state index contributed by atoms with van der Waals surface area (Å²) in [6.45, 7) is 0.227. The van der Waals surface area contributed by atoms with Crippen LogP contribution in [0.2, 0.25) is 0 Å². The van der Waals surface area contributed by atoms with Crippen LogP contribution in [-0.2, 0) is 27.1 Å². The number of fused-ring (bicyclic) bond motifs is 1. The van der Waals surface area contributed by atoms with E-state index in [0.717, 1.165) is 44.7 Å². The first-order chi connectivity index (χ1) is 19.5. The summed E-state index contributed by atoms with van der Waals surface area (Å²) in [6.07, 6.45) is -5.08. The number of aliphatic carboxylic acids is 1. The molecule has 7 nitrogen and oxygen atoms in total. The first kappa shape index (κ1) is 29.4. The molecule has 5 aromatic rings. The molecule has 0 unspecified atom stereocenters. The first-order valence-corrected chi connectivity index (χ1v) is 13.9. The third kappa shape index (κ3) is 8.19. The maximum atomic E-state index is 12.5. The zero-order chi connectivity index (χ0) is 29.5. The smallest absolute Gasteiger partial charge is 0.475 e. The Morgan fingerprint density at radius 1 is 0.683 bits per heavy atom. The van der Waals surface area contributed by atoms with Crippen LogP contribution in [0.25, 0.3) is 33.5 Å². The summed E-state index contributed by atoms with van der Waals surface area (Å²) in [5.41, 5.74) is 6.83. The Morgan fingerprint density at radius 2 is 1.12 bits per heavy atom. The van der Waals surface area contributed by atoms with Gasteiger partial charge in [0.25, 0.3) is 0 Å². The van der Waals surface area contributed by atoms with E-state index in [2.05, 4.69) is 4.72 Å². The molecule has 210 valence electrons. The highest BCUT2D eigenvalue weighted by Gasteiger charge is 2.38. The fourth-order valence-corrected chi connectivity index (χ4v) is 4.94. The monoisotopic (exact) mass is 579 g/mol. The van der Waals surface area contributed by atoms with Gasteiger partial charge in [-0.1, -0.05) is 97.1 Å².